The molecule has 2 N–H and O–H groups in total. The minimum Gasteiger partial charge on any atom is -0.368 e. The third kappa shape index (κ3) is 2.57. The molecule has 0 spiro atoms. The summed E-state index contributed by atoms with van der Waals surface area (Å²) in [6.45, 7) is -0.0915. The Kier molecular flexibility index (Phi) is 3.51. The van der Waals surface area contributed by atoms with E-state index in [9.17, 15) is 13.2 Å². The van der Waals surface area contributed by atoms with Crippen molar-refractivity contribution in [2.45, 2.75) is 17.3 Å². The molecule has 1 heterocycles. The van der Waals surface area contributed by atoms with Gasteiger partial charge in [0.05, 0.1) is 16.3 Å². The van der Waals surface area contributed by atoms with E-state index < -0.39 is 15.7 Å². The van der Waals surface area contributed by atoms with Gasteiger partial charge in [-0.05, 0) is 12.1 Å². The first kappa shape index (κ1) is 13.8. The first-order valence-corrected chi connectivity index (χ1v) is 7.79. The van der Waals surface area contributed by atoms with Gasteiger partial charge in [-0.15, -0.1) is 11.6 Å². The van der Waals surface area contributed by atoms with Crippen molar-refractivity contribution >= 4 is 38.4 Å². The smallest absolute Gasteiger partial charge is 0.237 e. The van der Waals surface area contributed by atoms with Crippen LogP contribution >= 0.6 is 11.6 Å². The third-order valence-corrected chi connectivity index (χ3v) is 4.02. The average Bonchev–Trinajstić information content (AvgIpc) is 2.65. The van der Waals surface area contributed by atoms with Crippen LogP contribution in [0.5, 0.6) is 0 Å². The van der Waals surface area contributed by atoms with Crippen LogP contribution in [0.15, 0.2) is 23.1 Å². The van der Waals surface area contributed by atoms with Crippen LogP contribution in [0.3, 0.4) is 0 Å². The summed E-state index contributed by atoms with van der Waals surface area (Å²) in [6, 6.07) is 4.74. The number of nitrogens with zero attached hydrogens (tertiary/aromatic N) is 2. The number of nitrogens with two attached hydrogens (primary N) is 1. The predicted octanol–water partition coefficient (Wildman–Crippen LogP) is 0.664. The summed E-state index contributed by atoms with van der Waals surface area (Å²) in [7, 11) is -3.40. The number of hydrogen-bond donors (Lipinski definition) is 1. The molecular weight excluding hydrogens is 290 g/mol. The number of halogens is 1. The van der Waals surface area contributed by atoms with Crippen molar-refractivity contribution < 1.29 is 13.2 Å². The predicted molar refractivity (Wildman–Crippen MR) is 71.6 cm³/mol. The van der Waals surface area contributed by atoms with E-state index in [0.717, 1.165) is 6.26 Å². The Balaban J connectivity index is 2.80. The van der Waals surface area contributed by atoms with Crippen LogP contribution in [0.1, 0.15) is 5.82 Å². The highest BCUT2D eigenvalue weighted by molar-refractivity contribution is 7.91. The first-order valence-electron chi connectivity index (χ1n) is 5.37. The Labute approximate surface area is 115 Å². The lowest BCUT2D eigenvalue weighted by atomic mass is 10.3. The third-order valence-electron chi connectivity index (χ3n) is 2.65. The number of hydrogen-bond acceptors (Lipinski definition) is 4. The molecule has 6 nitrogen and oxygen atoms in total. The normalized spacial score (nSPS) is 11.9. The van der Waals surface area contributed by atoms with Gasteiger partial charge >= 0.3 is 0 Å². The number of alkyl halides is 1. The summed E-state index contributed by atoms with van der Waals surface area (Å²) in [5.74, 6) is -0.0764. The van der Waals surface area contributed by atoms with E-state index in [1.807, 2.05) is 0 Å². The molecular formula is C11H12ClN3O3S. The SMILES string of the molecule is CS(=O)(=O)c1cccc2c1nc(CCl)n2CC(N)=O. The van der Waals surface area contributed by atoms with Gasteiger partial charge in [0.2, 0.25) is 5.91 Å². The molecule has 102 valence electrons. The molecule has 1 aromatic heterocycles. The Morgan fingerprint density at radius 2 is 2.16 bits per heavy atom. The van der Waals surface area contributed by atoms with Crippen LogP contribution in [0.4, 0.5) is 0 Å². The van der Waals surface area contributed by atoms with E-state index >= 15 is 0 Å². The Hall–Kier alpha value is -1.60. The molecule has 0 unspecified atom stereocenters. The molecule has 0 aliphatic heterocycles. The standard InChI is InChI=1S/C11H12ClN3O3S/c1-19(17,18)8-4-2-3-7-11(8)14-10(5-12)15(7)6-9(13)16/h2-4H,5-6H2,1H3,(H2,13,16). The number of imidazole rings is 1. The second kappa shape index (κ2) is 4.82. The van der Waals surface area contributed by atoms with E-state index in [1.165, 1.54) is 10.6 Å². The van der Waals surface area contributed by atoms with Crippen LogP contribution in [-0.2, 0) is 27.1 Å². The fraction of sp³-hybridized carbons (Fsp3) is 0.273. The van der Waals surface area contributed by atoms with Gasteiger partial charge in [-0.1, -0.05) is 6.07 Å². The van der Waals surface area contributed by atoms with Crippen molar-refractivity contribution in [2.24, 2.45) is 5.73 Å². The quantitative estimate of drug-likeness (QED) is 0.839. The molecule has 1 aromatic carbocycles. The summed E-state index contributed by atoms with van der Waals surface area (Å²) >= 11 is 5.77. The van der Waals surface area contributed by atoms with Crippen molar-refractivity contribution in [1.29, 1.82) is 0 Å². The van der Waals surface area contributed by atoms with Crippen LogP contribution in [0, 0.1) is 0 Å². The molecule has 0 bridgehead atoms. The fourth-order valence-electron chi connectivity index (χ4n) is 1.90. The monoisotopic (exact) mass is 301 g/mol. The minimum absolute atomic E-state index is 0.0607. The topological polar surface area (TPSA) is 95.1 Å². The van der Waals surface area contributed by atoms with Crippen LogP contribution in [0.2, 0.25) is 0 Å². The zero-order valence-electron chi connectivity index (χ0n) is 10.1. The molecule has 0 aliphatic rings. The summed E-state index contributed by atoms with van der Waals surface area (Å²) in [4.78, 5) is 15.4. The number of fused-ring (bicyclic) bond motifs is 1. The lowest BCUT2D eigenvalue weighted by Gasteiger charge is -2.04. The van der Waals surface area contributed by atoms with Crippen LogP contribution in [-0.4, -0.2) is 30.1 Å². The highest BCUT2D eigenvalue weighted by Gasteiger charge is 2.18. The lowest BCUT2D eigenvalue weighted by molar-refractivity contribution is -0.118. The maximum Gasteiger partial charge on any atom is 0.237 e. The van der Waals surface area contributed by atoms with Gasteiger partial charge in [-0.2, -0.15) is 0 Å². The van der Waals surface area contributed by atoms with Gasteiger partial charge in [0, 0.05) is 6.26 Å². The molecule has 2 aromatic rings. The zero-order chi connectivity index (χ0) is 14.2. The average molecular weight is 302 g/mol. The van der Waals surface area contributed by atoms with Crippen molar-refractivity contribution in [1.82, 2.24) is 9.55 Å². The summed E-state index contributed by atoms with van der Waals surface area (Å²) < 4.78 is 24.9. The first-order chi connectivity index (χ1) is 8.84. The van der Waals surface area contributed by atoms with Crippen molar-refractivity contribution in [3.05, 3.63) is 24.0 Å². The summed E-state index contributed by atoms with van der Waals surface area (Å²) in [5, 5.41) is 0. The van der Waals surface area contributed by atoms with E-state index in [1.54, 1.807) is 12.1 Å². The minimum atomic E-state index is -3.40. The van der Waals surface area contributed by atoms with E-state index in [0.29, 0.717) is 16.9 Å². The van der Waals surface area contributed by atoms with E-state index in [-0.39, 0.29) is 17.3 Å². The molecule has 0 saturated heterocycles. The van der Waals surface area contributed by atoms with Gasteiger partial charge in [0.1, 0.15) is 17.9 Å². The number of primary amides is 1. The van der Waals surface area contributed by atoms with E-state index in [4.69, 9.17) is 17.3 Å². The fourth-order valence-corrected chi connectivity index (χ4v) is 2.93. The number of aromatic nitrogens is 2. The maximum absolute atomic E-state index is 11.7. The second-order valence-electron chi connectivity index (χ2n) is 4.11. The second-order valence-corrected chi connectivity index (χ2v) is 6.36. The highest BCUT2D eigenvalue weighted by atomic mass is 35.5. The van der Waals surface area contributed by atoms with Gasteiger partial charge in [-0.3, -0.25) is 4.79 Å². The summed E-state index contributed by atoms with van der Waals surface area (Å²) in [5.41, 5.74) is 6.01. The lowest BCUT2D eigenvalue weighted by Crippen LogP contribution is -2.19. The Bertz CT molecular complexity index is 752. The molecule has 19 heavy (non-hydrogen) atoms. The van der Waals surface area contributed by atoms with Crippen molar-refractivity contribution in [3.8, 4) is 0 Å². The number of carbonyl (C=O) groups excluding carboxylic acids is 1. The van der Waals surface area contributed by atoms with Gasteiger partial charge in [-0.25, -0.2) is 13.4 Å². The molecule has 0 saturated carbocycles. The van der Waals surface area contributed by atoms with E-state index in [2.05, 4.69) is 4.98 Å². The maximum atomic E-state index is 11.7. The van der Waals surface area contributed by atoms with Crippen LogP contribution < -0.4 is 5.73 Å². The molecule has 0 radical (unpaired) electrons. The number of carbonyl (C=O) groups is 1. The largest absolute Gasteiger partial charge is 0.368 e. The number of sulfone groups is 1. The van der Waals surface area contributed by atoms with Gasteiger partial charge in [0.25, 0.3) is 0 Å². The highest BCUT2D eigenvalue weighted by Crippen LogP contribution is 2.24. The van der Waals surface area contributed by atoms with Gasteiger partial charge in [0.15, 0.2) is 9.84 Å². The number of rotatable bonds is 4. The van der Waals surface area contributed by atoms with Gasteiger partial charge < -0.3 is 10.3 Å². The molecule has 2 rings (SSSR count). The summed E-state index contributed by atoms with van der Waals surface area (Å²) in [6.07, 6.45) is 1.11. The van der Waals surface area contributed by atoms with Crippen LogP contribution in [0.25, 0.3) is 11.0 Å². The molecule has 0 atom stereocenters. The number of para-hydroxylation sites is 1. The number of amides is 1. The molecule has 1 amide bonds. The Morgan fingerprint density at radius 1 is 1.47 bits per heavy atom. The molecule has 8 heteroatoms. The number of benzene rings is 1. The van der Waals surface area contributed by atoms with Crippen molar-refractivity contribution in [2.75, 3.05) is 6.26 Å². The van der Waals surface area contributed by atoms with Crippen molar-refractivity contribution in [3.63, 3.8) is 0 Å². The Morgan fingerprint density at radius 3 is 2.68 bits per heavy atom. The molecule has 0 aliphatic carbocycles. The molecule has 0 fully saturated rings. The zero-order valence-corrected chi connectivity index (χ0v) is 11.7.